The quantitative estimate of drug-likeness (QED) is 0.602. The Morgan fingerprint density at radius 1 is 1.12 bits per heavy atom. The van der Waals surface area contributed by atoms with Gasteiger partial charge in [0.15, 0.2) is 0 Å². The monoisotopic (exact) mass is 324 g/mol. The third kappa shape index (κ3) is 1.86. The number of nitrogens with zero attached hydrogens (tertiary/aromatic N) is 2. The fourth-order valence-corrected chi connectivity index (χ4v) is 4.06. The number of rotatable bonds is 1. The summed E-state index contributed by atoms with van der Waals surface area (Å²) in [6.07, 6.45) is 1.49. The molecular weight excluding hydrogens is 320 g/mol. The van der Waals surface area contributed by atoms with Gasteiger partial charge in [0, 0.05) is 4.47 Å². The highest BCUT2D eigenvalue weighted by Gasteiger charge is 2.15. The number of hydrogen-bond donors (Lipinski definition) is 0. The molecule has 3 rings (SSSR count). The third-order valence-corrected chi connectivity index (χ3v) is 4.91. The highest BCUT2D eigenvalue weighted by Crippen LogP contribution is 2.43. The van der Waals surface area contributed by atoms with Crippen molar-refractivity contribution in [1.29, 1.82) is 0 Å². The van der Waals surface area contributed by atoms with E-state index >= 15 is 0 Å². The van der Waals surface area contributed by atoms with Crippen LogP contribution in [0.4, 0.5) is 0 Å². The second-order valence-electron chi connectivity index (χ2n) is 3.46. The average molecular weight is 326 g/mol. The first-order chi connectivity index (χ1) is 8.27. The highest BCUT2D eigenvalue weighted by atomic mass is 79.9. The van der Waals surface area contributed by atoms with Crippen LogP contribution in [0.1, 0.15) is 0 Å². The zero-order chi connectivity index (χ0) is 11.8. The molecule has 0 amide bonds. The molecule has 3 aromatic rings. The first-order valence-corrected chi connectivity index (χ1v) is 6.90. The number of halogens is 2. The Morgan fingerprint density at radius 2 is 1.88 bits per heavy atom. The van der Waals surface area contributed by atoms with Gasteiger partial charge in [-0.25, -0.2) is 9.97 Å². The molecule has 1 aromatic carbocycles. The van der Waals surface area contributed by atoms with Crippen LogP contribution in [0, 0.1) is 0 Å². The molecule has 2 heterocycles. The number of fused-ring (bicyclic) bond motifs is 1. The van der Waals surface area contributed by atoms with Crippen LogP contribution in [0.2, 0.25) is 5.15 Å². The zero-order valence-corrected chi connectivity index (χ0v) is 11.7. The summed E-state index contributed by atoms with van der Waals surface area (Å²) < 4.78 is 0.967. The minimum absolute atomic E-state index is 0.486. The molecule has 0 radical (unpaired) electrons. The van der Waals surface area contributed by atoms with Gasteiger partial charge in [0.1, 0.15) is 16.3 Å². The van der Waals surface area contributed by atoms with Gasteiger partial charge in [-0.3, -0.25) is 0 Å². The molecule has 0 atom stereocenters. The number of thiophene rings is 1. The van der Waals surface area contributed by atoms with Gasteiger partial charge < -0.3 is 0 Å². The SMILES string of the molecule is Clc1ncnc2sc(-c3ccccc3)c(Br)c12. The molecule has 5 heteroatoms. The molecule has 0 N–H and O–H groups in total. The summed E-state index contributed by atoms with van der Waals surface area (Å²) in [7, 11) is 0. The standard InChI is InChI=1S/C12H6BrClN2S/c13-9-8-11(14)15-6-16-12(8)17-10(9)7-4-2-1-3-5-7/h1-6H. The predicted octanol–water partition coefficient (Wildman–Crippen LogP) is 4.77. The molecule has 0 fully saturated rings. The van der Waals surface area contributed by atoms with Crippen LogP contribution in [0.15, 0.2) is 41.1 Å². The Hall–Kier alpha value is -0.970. The molecule has 17 heavy (non-hydrogen) atoms. The van der Waals surface area contributed by atoms with Crippen molar-refractivity contribution in [1.82, 2.24) is 9.97 Å². The highest BCUT2D eigenvalue weighted by molar-refractivity contribution is 9.10. The van der Waals surface area contributed by atoms with Gasteiger partial charge in [-0.15, -0.1) is 11.3 Å². The van der Waals surface area contributed by atoms with E-state index in [-0.39, 0.29) is 0 Å². The Morgan fingerprint density at radius 3 is 2.59 bits per heavy atom. The van der Waals surface area contributed by atoms with Gasteiger partial charge in [0.05, 0.1) is 10.3 Å². The van der Waals surface area contributed by atoms with Crippen molar-refractivity contribution in [2.24, 2.45) is 0 Å². The van der Waals surface area contributed by atoms with E-state index in [9.17, 15) is 0 Å². The van der Waals surface area contributed by atoms with E-state index in [1.165, 1.54) is 6.33 Å². The van der Waals surface area contributed by atoms with Gasteiger partial charge >= 0.3 is 0 Å². The lowest BCUT2D eigenvalue weighted by Gasteiger charge is -1.97. The normalized spacial score (nSPS) is 10.9. The topological polar surface area (TPSA) is 25.8 Å². The van der Waals surface area contributed by atoms with Crippen LogP contribution < -0.4 is 0 Å². The van der Waals surface area contributed by atoms with E-state index in [1.54, 1.807) is 11.3 Å². The molecule has 0 bridgehead atoms. The van der Waals surface area contributed by atoms with E-state index in [0.29, 0.717) is 5.15 Å². The molecular formula is C12H6BrClN2S. The summed E-state index contributed by atoms with van der Waals surface area (Å²) in [6.45, 7) is 0. The Balaban J connectivity index is 2.33. The van der Waals surface area contributed by atoms with Crippen LogP contribution in [0.5, 0.6) is 0 Å². The lowest BCUT2D eigenvalue weighted by Crippen LogP contribution is -1.78. The maximum atomic E-state index is 6.09. The smallest absolute Gasteiger partial charge is 0.142 e. The van der Waals surface area contributed by atoms with E-state index in [0.717, 1.165) is 25.1 Å². The maximum Gasteiger partial charge on any atom is 0.142 e. The van der Waals surface area contributed by atoms with Crippen molar-refractivity contribution >= 4 is 49.1 Å². The second kappa shape index (κ2) is 4.37. The minimum atomic E-state index is 0.486. The van der Waals surface area contributed by atoms with Crippen LogP contribution in [0.3, 0.4) is 0 Å². The van der Waals surface area contributed by atoms with Crippen molar-refractivity contribution in [3.05, 3.63) is 46.3 Å². The molecule has 2 nitrogen and oxygen atoms in total. The lowest BCUT2D eigenvalue weighted by molar-refractivity contribution is 1.23. The first-order valence-electron chi connectivity index (χ1n) is 4.91. The van der Waals surface area contributed by atoms with E-state index in [1.807, 2.05) is 18.2 Å². The summed E-state index contributed by atoms with van der Waals surface area (Å²) in [6, 6.07) is 10.2. The van der Waals surface area contributed by atoms with Crippen LogP contribution in [-0.2, 0) is 0 Å². The average Bonchev–Trinajstić information content (AvgIpc) is 2.69. The van der Waals surface area contributed by atoms with Crippen LogP contribution in [0.25, 0.3) is 20.7 Å². The molecule has 0 unspecified atom stereocenters. The summed E-state index contributed by atoms with van der Waals surface area (Å²) >= 11 is 11.3. The van der Waals surface area contributed by atoms with E-state index in [4.69, 9.17) is 11.6 Å². The van der Waals surface area contributed by atoms with Gasteiger partial charge in [0.25, 0.3) is 0 Å². The van der Waals surface area contributed by atoms with Crippen molar-refractivity contribution < 1.29 is 0 Å². The van der Waals surface area contributed by atoms with Gasteiger partial charge in [0.2, 0.25) is 0 Å². The second-order valence-corrected chi connectivity index (χ2v) is 5.61. The first kappa shape index (κ1) is 11.1. The Bertz CT molecular complexity index is 682. The molecule has 84 valence electrons. The largest absolute Gasteiger partial charge is 0.225 e. The van der Waals surface area contributed by atoms with Crippen molar-refractivity contribution in [3.8, 4) is 10.4 Å². The van der Waals surface area contributed by atoms with Gasteiger partial charge in [-0.1, -0.05) is 41.9 Å². The van der Waals surface area contributed by atoms with E-state index in [2.05, 4.69) is 38.0 Å². The van der Waals surface area contributed by atoms with Gasteiger partial charge in [-0.05, 0) is 21.5 Å². The van der Waals surface area contributed by atoms with Crippen LogP contribution in [-0.4, -0.2) is 9.97 Å². The zero-order valence-electron chi connectivity index (χ0n) is 8.52. The molecule has 0 aliphatic heterocycles. The fourth-order valence-electron chi connectivity index (χ4n) is 1.64. The van der Waals surface area contributed by atoms with E-state index < -0.39 is 0 Å². The molecule has 0 saturated carbocycles. The van der Waals surface area contributed by atoms with Crippen molar-refractivity contribution in [2.75, 3.05) is 0 Å². The molecule has 2 aromatic heterocycles. The Kier molecular flexibility index (Phi) is 2.86. The number of aromatic nitrogens is 2. The summed E-state index contributed by atoms with van der Waals surface area (Å²) in [4.78, 5) is 10.3. The molecule has 0 spiro atoms. The molecule has 0 aliphatic rings. The maximum absolute atomic E-state index is 6.09. The number of benzene rings is 1. The van der Waals surface area contributed by atoms with Crippen molar-refractivity contribution in [3.63, 3.8) is 0 Å². The molecule has 0 aliphatic carbocycles. The van der Waals surface area contributed by atoms with Crippen LogP contribution >= 0.6 is 38.9 Å². The van der Waals surface area contributed by atoms with Crippen molar-refractivity contribution in [2.45, 2.75) is 0 Å². The molecule has 0 saturated heterocycles. The number of hydrogen-bond acceptors (Lipinski definition) is 3. The predicted molar refractivity (Wildman–Crippen MR) is 75.6 cm³/mol. The Labute approximate surface area is 115 Å². The summed E-state index contributed by atoms with van der Waals surface area (Å²) in [5.41, 5.74) is 1.15. The third-order valence-electron chi connectivity index (χ3n) is 2.42. The van der Waals surface area contributed by atoms with Gasteiger partial charge in [-0.2, -0.15) is 0 Å². The lowest BCUT2D eigenvalue weighted by atomic mass is 10.2. The summed E-state index contributed by atoms with van der Waals surface area (Å²) in [5.74, 6) is 0. The minimum Gasteiger partial charge on any atom is -0.225 e. The fraction of sp³-hybridized carbons (Fsp3) is 0. The summed E-state index contributed by atoms with van der Waals surface area (Å²) in [5, 5.41) is 1.37.